The van der Waals surface area contributed by atoms with E-state index >= 15 is 0 Å². The van der Waals surface area contributed by atoms with Gasteiger partial charge in [-0.25, -0.2) is 0 Å². The third-order valence-corrected chi connectivity index (χ3v) is 3.19. The number of hydrogen-bond acceptors (Lipinski definition) is 6. The molecule has 0 heterocycles. The molecule has 0 spiro atoms. The minimum atomic E-state index is -0.876. The van der Waals surface area contributed by atoms with Crippen LogP contribution in [0.4, 0.5) is 17.1 Å². The van der Waals surface area contributed by atoms with Crippen molar-refractivity contribution in [2.24, 2.45) is 0 Å². The zero-order valence-electron chi connectivity index (χ0n) is 10.3. The standard InChI is InChI=1S/C11H17N3O3S/c1-11(15,7-18-2)6-13-9-3-8(12)4-10(5-9)14(16)17/h3-5,13,15H,6-7,12H2,1-2H3. The highest BCUT2D eigenvalue weighted by Crippen LogP contribution is 2.23. The van der Waals surface area contributed by atoms with E-state index in [9.17, 15) is 15.2 Å². The van der Waals surface area contributed by atoms with E-state index in [2.05, 4.69) is 5.32 Å². The highest BCUT2D eigenvalue weighted by Gasteiger charge is 2.19. The van der Waals surface area contributed by atoms with Crippen LogP contribution in [0.25, 0.3) is 0 Å². The Balaban J connectivity index is 2.76. The Bertz CT molecular complexity index is 438. The second-order valence-electron chi connectivity index (χ2n) is 4.35. The lowest BCUT2D eigenvalue weighted by Crippen LogP contribution is -2.36. The molecule has 0 amide bonds. The molecule has 1 rings (SSSR count). The van der Waals surface area contributed by atoms with E-state index in [4.69, 9.17) is 5.73 Å². The van der Waals surface area contributed by atoms with Gasteiger partial charge in [-0.2, -0.15) is 11.8 Å². The van der Waals surface area contributed by atoms with Gasteiger partial charge >= 0.3 is 0 Å². The minimum absolute atomic E-state index is 0.0676. The summed E-state index contributed by atoms with van der Waals surface area (Å²) >= 11 is 1.53. The van der Waals surface area contributed by atoms with Crippen molar-refractivity contribution < 1.29 is 10.0 Å². The summed E-state index contributed by atoms with van der Waals surface area (Å²) in [7, 11) is 0. The molecular weight excluding hydrogens is 254 g/mol. The van der Waals surface area contributed by atoms with Crippen molar-refractivity contribution in [1.82, 2.24) is 0 Å². The number of anilines is 2. The number of rotatable bonds is 6. The first-order chi connectivity index (χ1) is 8.34. The fourth-order valence-electron chi connectivity index (χ4n) is 1.50. The molecule has 1 unspecified atom stereocenters. The van der Waals surface area contributed by atoms with E-state index in [1.165, 1.54) is 23.9 Å². The van der Waals surface area contributed by atoms with Crippen LogP contribution in [0, 0.1) is 10.1 Å². The van der Waals surface area contributed by atoms with Crippen molar-refractivity contribution in [1.29, 1.82) is 0 Å². The monoisotopic (exact) mass is 271 g/mol. The summed E-state index contributed by atoms with van der Waals surface area (Å²) in [5.41, 5.74) is 5.49. The second-order valence-corrected chi connectivity index (χ2v) is 5.22. The largest absolute Gasteiger partial charge is 0.398 e. The molecule has 7 heteroatoms. The summed E-state index contributed by atoms with van der Waals surface area (Å²) in [5, 5.41) is 23.6. The van der Waals surface area contributed by atoms with Crippen molar-refractivity contribution in [3.63, 3.8) is 0 Å². The third kappa shape index (κ3) is 4.42. The number of nitrogens with zero attached hydrogens (tertiary/aromatic N) is 1. The molecule has 1 aromatic rings. The quantitative estimate of drug-likeness (QED) is 0.413. The number of nitrogens with two attached hydrogens (primary N) is 1. The van der Waals surface area contributed by atoms with E-state index < -0.39 is 10.5 Å². The Hall–Kier alpha value is -1.47. The van der Waals surface area contributed by atoms with Gasteiger partial charge in [-0.3, -0.25) is 10.1 Å². The van der Waals surface area contributed by atoms with E-state index in [-0.39, 0.29) is 5.69 Å². The normalized spacial score (nSPS) is 13.9. The predicted octanol–water partition coefficient (Wildman–Crippen LogP) is 1.70. The molecule has 100 valence electrons. The van der Waals surface area contributed by atoms with Gasteiger partial charge in [0.25, 0.3) is 5.69 Å². The summed E-state index contributed by atoms with van der Waals surface area (Å²) in [4.78, 5) is 10.2. The van der Waals surface area contributed by atoms with Crippen LogP contribution in [0.2, 0.25) is 0 Å². The predicted molar refractivity (Wildman–Crippen MR) is 75.0 cm³/mol. The van der Waals surface area contributed by atoms with Gasteiger partial charge in [0, 0.05) is 35.8 Å². The third-order valence-electron chi connectivity index (χ3n) is 2.28. The summed E-state index contributed by atoms with van der Waals surface area (Å²) in [5.74, 6) is 0.574. The Morgan fingerprint density at radius 1 is 1.56 bits per heavy atom. The van der Waals surface area contributed by atoms with Gasteiger partial charge in [-0.1, -0.05) is 0 Å². The lowest BCUT2D eigenvalue weighted by atomic mass is 10.1. The van der Waals surface area contributed by atoms with Crippen molar-refractivity contribution in [2.75, 3.05) is 29.6 Å². The molecule has 0 saturated heterocycles. The summed E-state index contributed by atoms with van der Waals surface area (Å²) < 4.78 is 0. The molecule has 4 N–H and O–H groups in total. The van der Waals surface area contributed by atoms with Gasteiger partial charge in [0.15, 0.2) is 0 Å². The number of thioether (sulfide) groups is 1. The average molecular weight is 271 g/mol. The number of nitrogens with one attached hydrogen (secondary N) is 1. The first-order valence-corrected chi connectivity index (χ1v) is 6.73. The highest BCUT2D eigenvalue weighted by atomic mass is 32.2. The maximum atomic E-state index is 10.7. The van der Waals surface area contributed by atoms with Crippen LogP contribution >= 0.6 is 11.8 Å². The van der Waals surface area contributed by atoms with Crippen molar-refractivity contribution in [2.45, 2.75) is 12.5 Å². The smallest absolute Gasteiger partial charge is 0.273 e. The van der Waals surface area contributed by atoms with Gasteiger partial charge in [0.2, 0.25) is 0 Å². The van der Waals surface area contributed by atoms with Crippen molar-refractivity contribution >= 4 is 28.8 Å². The molecule has 18 heavy (non-hydrogen) atoms. The maximum absolute atomic E-state index is 10.7. The van der Waals surface area contributed by atoms with Crippen molar-refractivity contribution in [3.05, 3.63) is 28.3 Å². The van der Waals surface area contributed by atoms with Gasteiger partial charge < -0.3 is 16.2 Å². The second kappa shape index (κ2) is 5.92. The molecular formula is C11H17N3O3S. The zero-order valence-corrected chi connectivity index (χ0v) is 11.2. The molecule has 1 atom stereocenters. The number of aliphatic hydroxyl groups is 1. The van der Waals surface area contributed by atoms with Crippen LogP contribution in [0.1, 0.15) is 6.92 Å². The number of nitro groups is 1. The van der Waals surface area contributed by atoms with Gasteiger partial charge in [-0.05, 0) is 19.2 Å². The van der Waals surface area contributed by atoms with Crippen LogP contribution in [-0.2, 0) is 0 Å². The molecule has 0 bridgehead atoms. The molecule has 0 aromatic heterocycles. The SMILES string of the molecule is CSCC(C)(O)CNc1cc(N)cc([N+](=O)[O-])c1. The number of hydrogen-bond donors (Lipinski definition) is 3. The minimum Gasteiger partial charge on any atom is -0.398 e. The number of nitro benzene ring substituents is 1. The Labute approximate surface area is 110 Å². The fraction of sp³-hybridized carbons (Fsp3) is 0.455. The van der Waals surface area contributed by atoms with E-state index in [1.807, 2.05) is 6.26 Å². The lowest BCUT2D eigenvalue weighted by Gasteiger charge is -2.23. The van der Waals surface area contributed by atoms with E-state index in [0.29, 0.717) is 23.7 Å². The number of non-ortho nitro benzene ring substituents is 1. The van der Waals surface area contributed by atoms with Gasteiger partial charge in [-0.15, -0.1) is 0 Å². The van der Waals surface area contributed by atoms with E-state index in [1.54, 1.807) is 13.0 Å². The van der Waals surface area contributed by atoms with Crippen LogP contribution in [0.5, 0.6) is 0 Å². The van der Waals surface area contributed by atoms with Crippen LogP contribution in [0.3, 0.4) is 0 Å². The highest BCUT2D eigenvalue weighted by molar-refractivity contribution is 7.98. The molecule has 6 nitrogen and oxygen atoms in total. The lowest BCUT2D eigenvalue weighted by molar-refractivity contribution is -0.384. The summed E-state index contributed by atoms with van der Waals surface area (Å²) in [6.45, 7) is 2.01. The van der Waals surface area contributed by atoms with Gasteiger partial charge in [0.05, 0.1) is 10.5 Å². The summed E-state index contributed by atoms with van der Waals surface area (Å²) in [6, 6.07) is 4.29. The number of benzene rings is 1. The van der Waals surface area contributed by atoms with E-state index in [0.717, 1.165) is 0 Å². The molecule has 0 fully saturated rings. The van der Waals surface area contributed by atoms with Crippen LogP contribution < -0.4 is 11.1 Å². The Morgan fingerprint density at radius 2 is 2.22 bits per heavy atom. The first kappa shape index (κ1) is 14.6. The fourth-order valence-corrected chi connectivity index (χ4v) is 2.22. The first-order valence-electron chi connectivity index (χ1n) is 5.34. The average Bonchev–Trinajstić information content (AvgIpc) is 2.26. The topological polar surface area (TPSA) is 101 Å². The summed E-state index contributed by atoms with van der Waals surface area (Å²) in [6.07, 6.45) is 1.90. The van der Waals surface area contributed by atoms with Crippen molar-refractivity contribution in [3.8, 4) is 0 Å². The molecule has 0 saturated carbocycles. The molecule has 1 aromatic carbocycles. The molecule has 0 aliphatic carbocycles. The Kier molecular flexibility index (Phi) is 4.80. The molecule has 0 radical (unpaired) electrons. The number of nitrogen functional groups attached to an aromatic ring is 1. The molecule has 0 aliphatic rings. The van der Waals surface area contributed by atoms with Crippen LogP contribution in [-0.4, -0.2) is 34.2 Å². The Morgan fingerprint density at radius 3 is 2.78 bits per heavy atom. The maximum Gasteiger partial charge on any atom is 0.273 e. The van der Waals surface area contributed by atoms with Crippen LogP contribution in [0.15, 0.2) is 18.2 Å². The van der Waals surface area contributed by atoms with Gasteiger partial charge in [0.1, 0.15) is 0 Å². The molecule has 0 aliphatic heterocycles. The zero-order chi connectivity index (χ0) is 13.8.